The Balaban J connectivity index is 1.95. The van der Waals surface area contributed by atoms with Crippen LogP contribution in [0.4, 0.5) is 0 Å². The Morgan fingerprint density at radius 2 is 1.89 bits per heavy atom. The van der Waals surface area contributed by atoms with Crippen molar-refractivity contribution in [1.82, 2.24) is 15.1 Å². The van der Waals surface area contributed by atoms with Crippen molar-refractivity contribution in [2.75, 3.05) is 19.8 Å². The molecule has 0 saturated heterocycles. The molecule has 27 heavy (non-hydrogen) atoms. The molecule has 0 aliphatic rings. The number of nitrogens with zero attached hydrogens (tertiary/aromatic N) is 2. The summed E-state index contributed by atoms with van der Waals surface area (Å²) >= 11 is 0. The first-order valence-corrected chi connectivity index (χ1v) is 8.90. The van der Waals surface area contributed by atoms with Gasteiger partial charge in [-0.3, -0.25) is 4.79 Å². The van der Waals surface area contributed by atoms with E-state index in [1.54, 1.807) is 6.92 Å². The maximum Gasteiger partial charge on any atom is 0.354 e. The second kappa shape index (κ2) is 9.61. The molecule has 0 saturated carbocycles. The number of amides is 1. The van der Waals surface area contributed by atoms with Gasteiger partial charge in [-0.15, -0.1) is 0 Å². The standard InChI is InChI=1S/C19H25N3O5/c1-4-26-16-7-6-14(12-17(16)27-5-2)8-10-20-18(23)13(3)22-15(19(24)25)9-11-21-22/h6-7,9,11-13H,4-5,8,10H2,1-3H3,(H,20,23)(H,24,25). The highest BCUT2D eigenvalue weighted by Gasteiger charge is 2.21. The van der Waals surface area contributed by atoms with Gasteiger partial charge in [0.15, 0.2) is 11.5 Å². The third-order valence-electron chi connectivity index (χ3n) is 3.96. The number of carboxylic acids is 1. The number of ether oxygens (including phenoxy) is 2. The Bertz CT molecular complexity index is 787. The van der Waals surface area contributed by atoms with E-state index in [0.717, 1.165) is 5.56 Å². The Labute approximate surface area is 158 Å². The summed E-state index contributed by atoms with van der Waals surface area (Å²) in [5, 5.41) is 15.9. The summed E-state index contributed by atoms with van der Waals surface area (Å²) in [7, 11) is 0. The van der Waals surface area contributed by atoms with Crippen molar-refractivity contribution in [2.24, 2.45) is 0 Å². The molecule has 2 rings (SSSR count). The third-order valence-corrected chi connectivity index (χ3v) is 3.96. The molecule has 8 heteroatoms. The number of carboxylic acid groups (broad SMARTS) is 1. The van der Waals surface area contributed by atoms with E-state index < -0.39 is 12.0 Å². The van der Waals surface area contributed by atoms with Crippen LogP contribution in [0.3, 0.4) is 0 Å². The van der Waals surface area contributed by atoms with Crippen molar-refractivity contribution in [3.05, 3.63) is 41.7 Å². The molecule has 8 nitrogen and oxygen atoms in total. The average Bonchev–Trinajstić information content (AvgIpc) is 3.13. The third kappa shape index (κ3) is 5.22. The fourth-order valence-corrected chi connectivity index (χ4v) is 2.63. The molecular formula is C19H25N3O5. The molecular weight excluding hydrogens is 350 g/mol. The van der Waals surface area contributed by atoms with Crippen molar-refractivity contribution < 1.29 is 24.2 Å². The first-order chi connectivity index (χ1) is 13.0. The lowest BCUT2D eigenvalue weighted by Crippen LogP contribution is -2.34. The number of rotatable bonds is 10. The summed E-state index contributed by atoms with van der Waals surface area (Å²) in [5.74, 6) is -0.0398. The van der Waals surface area contributed by atoms with Gasteiger partial charge in [0.05, 0.1) is 13.2 Å². The van der Waals surface area contributed by atoms with Gasteiger partial charge in [-0.2, -0.15) is 5.10 Å². The molecule has 0 fully saturated rings. The lowest BCUT2D eigenvalue weighted by molar-refractivity contribution is -0.124. The van der Waals surface area contributed by atoms with Crippen LogP contribution in [0.15, 0.2) is 30.5 Å². The number of hydrogen-bond acceptors (Lipinski definition) is 5. The molecule has 1 aromatic heterocycles. The zero-order chi connectivity index (χ0) is 19.8. The number of aromatic carboxylic acids is 1. The van der Waals surface area contributed by atoms with Crippen molar-refractivity contribution in [3.8, 4) is 11.5 Å². The van der Waals surface area contributed by atoms with E-state index in [0.29, 0.717) is 37.7 Å². The summed E-state index contributed by atoms with van der Waals surface area (Å²) in [5.41, 5.74) is 0.977. The first-order valence-electron chi connectivity index (χ1n) is 8.90. The van der Waals surface area contributed by atoms with Crippen LogP contribution in [0, 0.1) is 0 Å². The van der Waals surface area contributed by atoms with E-state index in [2.05, 4.69) is 10.4 Å². The highest BCUT2D eigenvalue weighted by atomic mass is 16.5. The van der Waals surface area contributed by atoms with Crippen LogP contribution in [0.1, 0.15) is 42.9 Å². The molecule has 0 bridgehead atoms. The highest BCUT2D eigenvalue weighted by molar-refractivity contribution is 5.87. The van der Waals surface area contributed by atoms with Gasteiger partial charge in [0.1, 0.15) is 11.7 Å². The first kappa shape index (κ1) is 20.3. The van der Waals surface area contributed by atoms with Gasteiger partial charge in [0.2, 0.25) is 5.91 Å². The molecule has 0 radical (unpaired) electrons. The van der Waals surface area contributed by atoms with E-state index >= 15 is 0 Å². The molecule has 1 atom stereocenters. The zero-order valence-electron chi connectivity index (χ0n) is 15.8. The molecule has 2 N–H and O–H groups in total. The van der Waals surface area contributed by atoms with E-state index in [9.17, 15) is 9.59 Å². The van der Waals surface area contributed by atoms with E-state index in [1.807, 2.05) is 32.0 Å². The van der Waals surface area contributed by atoms with Crippen LogP contribution < -0.4 is 14.8 Å². The highest BCUT2D eigenvalue weighted by Crippen LogP contribution is 2.28. The molecule has 1 amide bonds. The minimum Gasteiger partial charge on any atom is -0.490 e. The topological polar surface area (TPSA) is 103 Å². The smallest absolute Gasteiger partial charge is 0.354 e. The minimum absolute atomic E-state index is 0.0227. The summed E-state index contributed by atoms with van der Waals surface area (Å²) < 4.78 is 12.3. The summed E-state index contributed by atoms with van der Waals surface area (Å²) in [4.78, 5) is 23.5. The van der Waals surface area contributed by atoms with Crippen LogP contribution in [0.2, 0.25) is 0 Å². The van der Waals surface area contributed by atoms with Crippen LogP contribution in [-0.2, 0) is 11.2 Å². The Morgan fingerprint density at radius 3 is 2.56 bits per heavy atom. The van der Waals surface area contributed by atoms with Gasteiger partial charge in [-0.25, -0.2) is 9.48 Å². The maximum absolute atomic E-state index is 12.3. The lowest BCUT2D eigenvalue weighted by atomic mass is 10.1. The van der Waals surface area contributed by atoms with Crippen LogP contribution >= 0.6 is 0 Å². The Morgan fingerprint density at radius 1 is 1.19 bits per heavy atom. The maximum atomic E-state index is 12.3. The van der Waals surface area contributed by atoms with Crippen LogP contribution in [0.5, 0.6) is 11.5 Å². The number of aromatic nitrogens is 2. The van der Waals surface area contributed by atoms with Crippen LogP contribution in [0.25, 0.3) is 0 Å². The monoisotopic (exact) mass is 375 g/mol. The Kier molecular flexibility index (Phi) is 7.22. The fraction of sp³-hybridized carbons (Fsp3) is 0.421. The van der Waals surface area contributed by atoms with Crippen molar-refractivity contribution in [1.29, 1.82) is 0 Å². The van der Waals surface area contributed by atoms with Gasteiger partial charge in [-0.05, 0) is 51.0 Å². The normalized spacial score (nSPS) is 11.7. The second-order valence-electron chi connectivity index (χ2n) is 5.83. The van der Waals surface area contributed by atoms with Gasteiger partial charge >= 0.3 is 5.97 Å². The van der Waals surface area contributed by atoms with Gasteiger partial charge in [0, 0.05) is 12.7 Å². The molecule has 2 aromatic rings. The van der Waals surface area contributed by atoms with E-state index in [1.165, 1.54) is 16.9 Å². The number of carbonyl (C=O) groups is 2. The minimum atomic E-state index is -1.12. The fourth-order valence-electron chi connectivity index (χ4n) is 2.63. The van der Waals surface area contributed by atoms with Gasteiger partial charge in [0.25, 0.3) is 0 Å². The largest absolute Gasteiger partial charge is 0.490 e. The molecule has 0 aliphatic carbocycles. The predicted octanol–water partition coefficient (Wildman–Crippen LogP) is 2.30. The zero-order valence-corrected chi connectivity index (χ0v) is 15.8. The van der Waals surface area contributed by atoms with Crippen molar-refractivity contribution in [3.63, 3.8) is 0 Å². The van der Waals surface area contributed by atoms with Crippen molar-refractivity contribution in [2.45, 2.75) is 33.2 Å². The molecule has 0 spiro atoms. The SMILES string of the molecule is CCOc1ccc(CCNC(=O)C(C)n2nccc2C(=O)O)cc1OCC. The van der Waals surface area contributed by atoms with Crippen LogP contribution in [-0.4, -0.2) is 46.5 Å². The summed E-state index contributed by atoms with van der Waals surface area (Å²) in [6.07, 6.45) is 1.97. The molecule has 0 aliphatic heterocycles. The lowest BCUT2D eigenvalue weighted by Gasteiger charge is -2.15. The number of hydrogen-bond donors (Lipinski definition) is 2. The average molecular weight is 375 g/mol. The van der Waals surface area contributed by atoms with E-state index in [-0.39, 0.29) is 11.6 Å². The summed E-state index contributed by atoms with van der Waals surface area (Å²) in [6.45, 7) is 6.93. The molecule has 146 valence electrons. The van der Waals surface area contributed by atoms with E-state index in [4.69, 9.17) is 14.6 Å². The molecule has 1 heterocycles. The predicted molar refractivity (Wildman–Crippen MR) is 99.4 cm³/mol. The number of nitrogens with one attached hydrogen (secondary N) is 1. The summed E-state index contributed by atoms with van der Waals surface area (Å²) in [6, 6.07) is 6.34. The van der Waals surface area contributed by atoms with Gasteiger partial charge < -0.3 is 19.9 Å². The second-order valence-corrected chi connectivity index (χ2v) is 5.83. The molecule has 1 unspecified atom stereocenters. The Hall–Kier alpha value is -3.03. The van der Waals surface area contributed by atoms with Gasteiger partial charge in [-0.1, -0.05) is 6.07 Å². The van der Waals surface area contributed by atoms with Crippen molar-refractivity contribution >= 4 is 11.9 Å². The molecule has 1 aromatic carbocycles. The number of benzene rings is 1. The number of carbonyl (C=O) groups excluding carboxylic acids is 1. The quantitative estimate of drug-likeness (QED) is 0.661.